The van der Waals surface area contributed by atoms with Crippen LogP contribution in [0.15, 0.2) is 16.5 Å². The second kappa shape index (κ2) is 8.03. The van der Waals surface area contributed by atoms with E-state index in [0.717, 1.165) is 11.1 Å². The molecule has 4 nitrogen and oxygen atoms in total. The molecule has 0 aliphatic rings. The molecule has 0 aliphatic heterocycles. The van der Waals surface area contributed by atoms with Gasteiger partial charge in [-0.3, -0.25) is 0 Å². The summed E-state index contributed by atoms with van der Waals surface area (Å²) in [6.45, 7) is 5.26. The van der Waals surface area contributed by atoms with Crippen LogP contribution in [-0.4, -0.2) is 31.3 Å². The Bertz CT molecular complexity index is 538. The SMILES string of the molecule is CC(C)(C)[S@](=O)/N=C/c1cc(CO)c(CO)cc1CCCl. The van der Waals surface area contributed by atoms with E-state index in [1.807, 2.05) is 26.8 Å². The standard InChI is InChI=1S/C15H22ClNO3S/c1-15(2,3)21(20)17-8-12-7-14(10-19)13(9-18)6-11(12)4-5-16/h6-8,18-19H,4-5,9-10H2,1-3H3/b17-8+/t21-/m0/s1. The molecule has 0 aliphatic carbocycles. The highest BCUT2D eigenvalue weighted by Crippen LogP contribution is 2.19. The van der Waals surface area contributed by atoms with E-state index in [1.54, 1.807) is 12.3 Å². The van der Waals surface area contributed by atoms with E-state index >= 15 is 0 Å². The third-order valence-electron chi connectivity index (χ3n) is 2.98. The molecule has 0 saturated carbocycles. The molecule has 0 unspecified atom stereocenters. The number of aliphatic hydroxyl groups excluding tert-OH is 2. The summed E-state index contributed by atoms with van der Waals surface area (Å²) in [6, 6.07) is 3.58. The molecule has 0 bridgehead atoms. The number of benzene rings is 1. The number of nitrogens with zero attached hydrogens (tertiary/aromatic N) is 1. The van der Waals surface area contributed by atoms with Gasteiger partial charge in [0.15, 0.2) is 0 Å². The minimum absolute atomic E-state index is 0.142. The average Bonchev–Trinajstić information content (AvgIpc) is 2.44. The Kier molecular flexibility index (Phi) is 7.00. The molecule has 6 heteroatoms. The van der Waals surface area contributed by atoms with Gasteiger partial charge in [0.2, 0.25) is 0 Å². The molecule has 2 N–H and O–H groups in total. The molecular formula is C15H22ClNO3S. The fraction of sp³-hybridized carbons (Fsp3) is 0.533. The van der Waals surface area contributed by atoms with Gasteiger partial charge >= 0.3 is 0 Å². The monoisotopic (exact) mass is 331 g/mol. The van der Waals surface area contributed by atoms with Crippen molar-refractivity contribution < 1.29 is 14.4 Å². The van der Waals surface area contributed by atoms with Crippen LogP contribution in [0.5, 0.6) is 0 Å². The van der Waals surface area contributed by atoms with Crippen molar-refractivity contribution in [3.8, 4) is 0 Å². The van der Waals surface area contributed by atoms with Gasteiger partial charge in [-0.25, -0.2) is 4.21 Å². The van der Waals surface area contributed by atoms with E-state index in [2.05, 4.69) is 4.40 Å². The first kappa shape index (κ1) is 18.3. The highest BCUT2D eigenvalue weighted by Gasteiger charge is 2.18. The highest BCUT2D eigenvalue weighted by atomic mass is 35.5. The second-order valence-corrected chi connectivity index (χ2v) is 7.98. The van der Waals surface area contributed by atoms with Gasteiger partial charge in [-0.05, 0) is 55.5 Å². The van der Waals surface area contributed by atoms with Crippen LogP contribution in [0.1, 0.15) is 43.0 Å². The van der Waals surface area contributed by atoms with Gasteiger partial charge in [-0.15, -0.1) is 11.6 Å². The molecule has 21 heavy (non-hydrogen) atoms. The lowest BCUT2D eigenvalue weighted by atomic mass is 9.98. The lowest BCUT2D eigenvalue weighted by Gasteiger charge is -2.14. The summed E-state index contributed by atoms with van der Waals surface area (Å²) in [6.07, 6.45) is 2.17. The summed E-state index contributed by atoms with van der Waals surface area (Å²) in [7, 11) is -1.34. The summed E-state index contributed by atoms with van der Waals surface area (Å²) in [5.74, 6) is 0.437. The average molecular weight is 332 g/mol. The van der Waals surface area contributed by atoms with Gasteiger partial charge < -0.3 is 10.2 Å². The van der Waals surface area contributed by atoms with Gasteiger partial charge in [0.05, 0.1) is 18.0 Å². The van der Waals surface area contributed by atoms with E-state index in [1.165, 1.54) is 0 Å². The predicted molar refractivity (Wildman–Crippen MR) is 88.2 cm³/mol. The van der Waals surface area contributed by atoms with Crippen molar-refractivity contribution >= 4 is 28.8 Å². The van der Waals surface area contributed by atoms with Gasteiger partial charge in [0.25, 0.3) is 0 Å². The number of halogens is 1. The van der Waals surface area contributed by atoms with Crippen LogP contribution in [0.3, 0.4) is 0 Å². The Morgan fingerprint density at radius 2 is 1.76 bits per heavy atom. The molecule has 1 aromatic rings. The molecule has 1 atom stereocenters. The molecular weight excluding hydrogens is 310 g/mol. The molecule has 0 aromatic heterocycles. The number of aryl methyl sites for hydroxylation is 1. The number of rotatable bonds is 6. The number of aliphatic hydroxyl groups is 2. The van der Waals surface area contributed by atoms with E-state index in [9.17, 15) is 14.4 Å². The lowest BCUT2D eigenvalue weighted by molar-refractivity contribution is 0.260. The van der Waals surface area contributed by atoms with Crippen LogP contribution in [-0.2, 0) is 30.6 Å². The van der Waals surface area contributed by atoms with Crippen molar-refractivity contribution in [3.05, 3.63) is 34.4 Å². The number of hydrogen-bond donors (Lipinski definition) is 2. The highest BCUT2D eigenvalue weighted by molar-refractivity contribution is 7.85. The third kappa shape index (κ3) is 5.18. The first-order valence-electron chi connectivity index (χ1n) is 6.72. The largest absolute Gasteiger partial charge is 0.392 e. The fourth-order valence-corrected chi connectivity index (χ4v) is 2.48. The zero-order valence-electron chi connectivity index (χ0n) is 12.6. The second-order valence-electron chi connectivity index (χ2n) is 5.67. The molecule has 1 aromatic carbocycles. The molecule has 0 fully saturated rings. The van der Waals surface area contributed by atoms with Gasteiger partial charge in [-0.2, -0.15) is 4.40 Å². The first-order chi connectivity index (χ1) is 9.83. The predicted octanol–water partition coefficient (Wildman–Crippen LogP) is 2.33. The Morgan fingerprint density at radius 1 is 1.19 bits per heavy atom. The van der Waals surface area contributed by atoms with Crippen molar-refractivity contribution in [2.24, 2.45) is 4.40 Å². The maximum Gasteiger partial charge on any atom is 0.144 e. The van der Waals surface area contributed by atoms with Crippen molar-refractivity contribution in [1.29, 1.82) is 0 Å². The topological polar surface area (TPSA) is 69.9 Å². The Hall–Kier alpha value is -0.750. The van der Waals surface area contributed by atoms with E-state index < -0.39 is 15.7 Å². The normalized spacial score (nSPS) is 13.8. The molecule has 0 radical (unpaired) electrons. The summed E-state index contributed by atoms with van der Waals surface area (Å²) in [5, 5.41) is 18.7. The lowest BCUT2D eigenvalue weighted by Crippen LogP contribution is -2.19. The first-order valence-corrected chi connectivity index (χ1v) is 8.36. The van der Waals surface area contributed by atoms with Gasteiger partial charge in [-0.1, -0.05) is 6.07 Å². The molecule has 1 rings (SSSR count). The zero-order chi connectivity index (χ0) is 16.0. The fourth-order valence-electron chi connectivity index (χ4n) is 1.76. The molecule has 0 heterocycles. The summed E-state index contributed by atoms with van der Waals surface area (Å²) < 4.78 is 15.7. The van der Waals surface area contributed by atoms with Crippen molar-refractivity contribution in [2.75, 3.05) is 5.88 Å². The smallest absolute Gasteiger partial charge is 0.144 e. The van der Waals surface area contributed by atoms with Crippen LogP contribution in [0.25, 0.3) is 0 Å². The quantitative estimate of drug-likeness (QED) is 0.621. The Balaban J connectivity index is 3.20. The zero-order valence-corrected chi connectivity index (χ0v) is 14.2. The molecule has 118 valence electrons. The number of hydrogen-bond acceptors (Lipinski definition) is 3. The molecule has 0 amide bonds. The van der Waals surface area contributed by atoms with E-state index in [4.69, 9.17) is 11.6 Å². The molecule has 0 spiro atoms. The summed E-state index contributed by atoms with van der Waals surface area (Å²) in [4.78, 5) is 0. The maximum absolute atomic E-state index is 12.0. The molecule has 0 saturated heterocycles. The van der Waals surface area contributed by atoms with Crippen molar-refractivity contribution in [1.82, 2.24) is 0 Å². The van der Waals surface area contributed by atoms with E-state index in [0.29, 0.717) is 23.4 Å². The maximum atomic E-state index is 12.0. The third-order valence-corrected chi connectivity index (χ3v) is 4.51. The Labute approximate surface area is 133 Å². The Morgan fingerprint density at radius 3 is 2.24 bits per heavy atom. The van der Waals surface area contributed by atoms with E-state index in [-0.39, 0.29) is 13.2 Å². The van der Waals surface area contributed by atoms with Gasteiger partial charge in [0.1, 0.15) is 11.0 Å². The van der Waals surface area contributed by atoms with Crippen LogP contribution >= 0.6 is 11.6 Å². The minimum atomic E-state index is -1.34. The summed E-state index contributed by atoms with van der Waals surface area (Å²) >= 11 is 5.80. The van der Waals surface area contributed by atoms with Crippen LogP contribution in [0, 0.1) is 0 Å². The van der Waals surface area contributed by atoms with Crippen LogP contribution in [0.2, 0.25) is 0 Å². The summed E-state index contributed by atoms with van der Waals surface area (Å²) in [5.41, 5.74) is 3.00. The van der Waals surface area contributed by atoms with Crippen LogP contribution in [0.4, 0.5) is 0 Å². The van der Waals surface area contributed by atoms with Gasteiger partial charge in [0, 0.05) is 12.1 Å². The van der Waals surface area contributed by atoms with Crippen LogP contribution < -0.4 is 0 Å². The van der Waals surface area contributed by atoms with Crippen molar-refractivity contribution in [2.45, 2.75) is 45.2 Å². The minimum Gasteiger partial charge on any atom is -0.392 e. The number of alkyl halides is 1. The van der Waals surface area contributed by atoms with Crippen molar-refractivity contribution in [3.63, 3.8) is 0 Å².